The van der Waals surface area contributed by atoms with E-state index in [2.05, 4.69) is 0 Å². The highest BCUT2D eigenvalue weighted by Crippen LogP contribution is 2.22. The average molecular weight is 292 g/mol. The van der Waals surface area contributed by atoms with Gasteiger partial charge in [0.1, 0.15) is 0 Å². The minimum Gasteiger partial charge on any atom is -0.399 e. The Morgan fingerprint density at radius 3 is 2.78 bits per heavy atom. The Kier molecular flexibility index (Phi) is 7.27. The number of halogens is 1. The Balaban J connectivity index is 2.32. The molecule has 0 saturated carbocycles. The van der Waals surface area contributed by atoms with Gasteiger partial charge in [0.25, 0.3) is 0 Å². The molecule has 1 rings (SSSR count). The van der Waals surface area contributed by atoms with Gasteiger partial charge >= 0.3 is 0 Å². The minimum atomic E-state index is -1.15. The van der Waals surface area contributed by atoms with Crippen LogP contribution in [-0.2, 0) is 20.3 Å². The van der Waals surface area contributed by atoms with E-state index < -0.39 is 10.8 Å². The Bertz CT molecular complexity index is 401. The van der Waals surface area contributed by atoms with Crippen LogP contribution in [0.3, 0.4) is 0 Å². The molecule has 1 atom stereocenters. The van der Waals surface area contributed by atoms with Crippen molar-refractivity contribution in [1.29, 1.82) is 0 Å². The van der Waals surface area contributed by atoms with E-state index in [0.29, 0.717) is 41.2 Å². The first-order valence-electron chi connectivity index (χ1n) is 5.65. The first-order valence-corrected chi connectivity index (χ1v) is 7.35. The maximum Gasteiger partial charge on any atom is 0.0587 e. The van der Waals surface area contributed by atoms with Gasteiger partial charge in [0.15, 0.2) is 0 Å². The van der Waals surface area contributed by atoms with Crippen molar-refractivity contribution in [2.75, 3.05) is 38.4 Å². The van der Waals surface area contributed by atoms with Gasteiger partial charge in [-0.15, -0.1) is 0 Å². The molecule has 4 nitrogen and oxygen atoms in total. The van der Waals surface area contributed by atoms with E-state index in [4.69, 9.17) is 26.8 Å². The maximum absolute atomic E-state index is 11.9. The molecule has 0 spiro atoms. The second-order valence-corrected chi connectivity index (χ2v) is 5.64. The molecule has 0 amide bonds. The Hall–Kier alpha value is -0.620. The lowest BCUT2D eigenvalue weighted by atomic mass is 10.3. The molecule has 1 unspecified atom stereocenters. The summed E-state index contributed by atoms with van der Waals surface area (Å²) in [6.07, 6.45) is 0.839. The fourth-order valence-corrected chi connectivity index (χ4v) is 2.79. The molecule has 1 aromatic rings. The molecule has 1 aromatic carbocycles. The number of ether oxygens (including phenoxy) is 2. The first-order chi connectivity index (χ1) is 8.65. The van der Waals surface area contributed by atoms with E-state index >= 15 is 0 Å². The lowest BCUT2D eigenvalue weighted by molar-refractivity contribution is 0.112. The summed E-state index contributed by atoms with van der Waals surface area (Å²) in [5.41, 5.74) is 6.14. The van der Waals surface area contributed by atoms with Crippen LogP contribution in [0, 0.1) is 0 Å². The fraction of sp³-hybridized carbons (Fsp3) is 0.500. The quantitative estimate of drug-likeness (QED) is 0.588. The zero-order valence-corrected chi connectivity index (χ0v) is 11.9. The number of anilines is 1. The van der Waals surface area contributed by atoms with Crippen molar-refractivity contribution in [3.05, 3.63) is 23.2 Å². The van der Waals surface area contributed by atoms with Crippen LogP contribution in [0.2, 0.25) is 5.02 Å². The molecule has 6 heteroatoms. The zero-order valence-electron chi connectivity index (χ0n) is 10.4. The number of benzene rings is 1. The SMILES string of the molecule is COCCCOCCS(=O)c1ccc(N)cc1Cl. The molecule has 0 aliphatic rings. The summed E-state index contributed by atoms with van der Waals surface area (Å²) < 4.78 is 22.2. The number of rotatable bonds is 8. The summed E-state index contributed by atoms with van der Waals surface area (Å²) in [5.74, 6) is 0.427. The number of hydrogen-bond donors (Lipinski definition) is 1. The third-order valence-corrected chi connectivity index (χ3v) is 4.06. The van der Waals surface area contributed by atoms with Crippen molar-refractivity contribution in [3.63, 3.8) is 0 Å². The normalized spacial score (nSPS) is 12.6. The van der Waals surface area contributed by atoms with E-state index in [1.807, 2.05) is 0 Å². The standard InChI is InChI=1S/C12H18ClNO3S/c1-16-5-2-6-17-7-8-18(15)12-4-3-10(14)9-11(12)13/h3-4,9H,2,5-8,14H2,1H3. The van der Waals surface area contributed by atoms with Gasteiger partial charge in [-0.3, -0.25) is 4.21 Å². The molecule has 0 aliphatic carbocycles. The molecule has 0 fully saturated rings. The van der Waals surface area contributed by atoms with Crippen LogP contribution in [0.15, 0.2) is 23.1 Å². The van der Waals surface area contributed by atoms with Crippen LogP contribution < -0.4 is 5.73 Å². The van der Waals surface area contributed by atoms with Gasteiger partial charge in [0.2, 0.25) is 0 Å². The molecule has 0 aliphatic heterocycles. The Morgan fingerprint density at radius 2 is 2.11 bits per heavy atom. The topological polar surface area (TPSA) is 61.5 Å². The maximum atomic E-state index is 11.9. The Morgan fingerprint density at radius 1 is 1.33 bits per heavy atom. The molecule has 18 heavy (non-hydrogen) atoms. The van der Waals surface area contributed by atoms with E-state index in [1.54, 1.807) is 25.3 Å². The predicted molar refractivity (Wildman–Crippen MR) is 74.5 cm³/mol. The third-order valence-electron chi connectivity index (χ3n) is 2.25. The van der Waals surface area contributed by atoms with Gasteiger partial charge < -0.3 is 15.2 Å². The minimum absolute atomic E-state index is 0.427. The molecule has 0 heterocycles. The van der Waals surface area contributed by atoms with Gasteiger partial charge in [-0.05, 0) is 24.6 Å². The van der Waals surface area contributed by atoms with E-state index in [1.165, 1.54) is 0 Å². The number of hydrogen-bond acceptors (Lipinski definition) is 4. The molecule has 0 radical (unpaired) electrons. The van der Waals surface area contributed by atoms with E-state index in [9.17, 15) is 4.21 Å². The first kappa shape index (κ1) is 15.4. The van der Waals surface area contributed by atoms with Crippen molar-refractivity contribution in [3.8, 4) is 0 Å². The number of methoxy groups -OCH3 is 1. The second kappa shape index (κ2) is 8.48. The van der Waals surface area contributed by atoms with Crippen molar-refractivity contribution in [2.45, 2.75) is 11.3 Å². The highest BCUT2D eigenvalue weighted by molar-refractivity contribution is 7.85. The molecule has 0 saturated heterocycles. The smallest absolute Gasteiger partial charge is 0.0587 e. The predicted octanol–water partition coefficient (Wildman–Crippen LogP) is 2.08. The van der Waals surface area contributed by atoms with Gasteiger partial charge in [-0.2, -0.15) is 0 Å². The summed E-state index contributed by atoms with van der Waals surface area (Å²) in [5, 5.41) is 0.438. The molecule has 0 aromatic heterocycles. The van der Waals surface area contributed by atoms with Crippen molar-refractivity contribution < 1.29 is 13.7 Å². The van der Waals surface area contributed by atoms with Crippen molar-refractivity contribution in [2.24, 2.45) is 0 Å². The number of nitrogen functional groups attached to an aromatic ring is 1. The Labute approximate surface area is 115 Å². The van der Waals surface area contributed by atoms with Crippen LogP contribution in [0.1, 0.15) is 6.42 Å². The molecule has 2 N–H and O–H groups in total. The molecular weight excluding hydrogens is 274 g/mol. The molecular formula is C12H18ClNO3S. The summed E-state index contributed by atoms with van der Waals surface area (Å²) in [6.45, 7) is 1.73. The van der Waals surface area contributed by atoms with Crippen LogP contribution in [-0.4, -0.2) is 36.9 Å². The highest BCUT2D eigenvalue weighted by atomic mass is 35.5. The summed E-state index contributed by atoms with van der Waals surface area (Å²) in [4.78, 5) is 0.603. The average Bonchev–Trinajstić information content (AvgIpc) is 2.33. The van der Waals surface area contributed by atoms with Crippen LogP contribution in [0.25, 0.3) is 0 Å². The fourth-order valence-electron chi connectivity index (χ4n) is 1.35. The monoisotopic (exact) mass is 291 g/mol. The highest BCUT2D eigenvalue weighted by Gasteiger charge is 2.08. The van der Waals surface area contributed by atoms with E-state index in [0.717, 1.165) is 6.42 Å². The van der Waals surface area contributed by atoms with Gasteiger partial charge in [0, 0.05) is 26.0 Å². The number of nitrogens with two attached hydrogens (primary N) is 1. The van der Waals surface area contributed by atoms with Crippen LogP contribution in [0.4, 0.5) is 5.69 Å². The van der Waals surface area contributed by atoms with Crippen molar-refractivity contribution in [1.82, 2.24) is 0 Å². The third kappa shape index (κ3) is 5.35. The lowest BCUT2D eigenvalue weighted by Crippen LogP contribution is -2.08. The van der Waals surface area contributed by atoms with Gasteiger partial charge in [-0.25, -0.2) is 0 Å². The summed E-state index contributed by atoms with van der Waals surface area (Å²) in [6, 6.07) is 4.99. The van der Waals surface area contributed by atoms with Gasteiger partial charge in [-0.1, -0.05) is 11.6 Å². The summed E-state index contributed by atoms with van der Waals surface area (Å²) >= 11 is 5.98. The van der Waals surface area contributed by atoms with Gasteiger partial charge in [0.05, 0.1) is 33.1 Å². The zero-order chi connectivity index (χ0) is 13.4. The van der Waals surface area contributed by atoms with E-state index in [-0.39, 0.29) is 0 Å². The second-order valence-electron chi connectivity index (χ2n) is 3.70. The molecule has 102 valence electrons. The van der Waals surface area contributed by atoms with Crippen LogP contribution >= 0.6 is 11.6 Å². The van der Waals surface area contributed by atoms with Crippen molar-refractivity contribution >= 4 is 28.1 Å². The molecule has 0 bridgehead atoms. The van der Waals surface area contributed by atoms with Crippen LogP contribution in [0.5, 0.6) is 0 Å². The lowest BCUT2D eigenvalue weighted by Gasteiger charge is -2.06. The summed E-state index contributed by atoms with van der Waals surface area (Å²) in [7, 11) is 0.497. The largest absolute Gasteiger partial charge is 0.399 e.